The van der Waals surface area contributed by atoms with E-state index in [1.54, 1.807) is 12.4 Å². The molecule has 178 valence electrons. The number of nitrogens with one attached hydrogen (secondary N) is 4. The first-order valence-electron chi connectivity index (χ1n) is 12.6. The van der Waals surface area contributed by atoms with E-state index in [1.807, 2.05) is 12.1 Å². The van der Waals surface area contributed by atoms with Crippen LogP contribution in [0.25, 0.3) is 0 Å². The van der Waals surface area contributed by atoms with Crippen LogP contribution in [0.3, 0.4) is 0 Å². The zero-order valence-electron chi connectivity index (χ0n) is 19.9. The van der Waals surface area contributed by atoms with Crippen molar-refractivity contribution in [3.05, 3.63) is 35.7 Å². The first kappa shape index (κ1) is 23.4. The van der Waals surface area contributed by atoms with Gasteiger partial charge >= 0.3 is 0 Å². The van der Waals surface area contributed by atoms with E-state index in [4.69, 9.17) is 10.4 Å². The molecule has 1 aliphatic carbocycles. The van der Waals surface area contributed by atoms with Gasteiger partial charge in [0, 0.05) is 57.2 Å². The van der Waals surface area contributed by atoms with Crippen LogP contribution in [-0.2, 0) is 0 Å². The number of piperazine rings is 1. The summed E-state index contributed by atoms with van der Waals surface area (Å²) in [7, 11) is 0. The molecule has 2 aromatic heterocycles. The van der Waals surface area contributed by atoms with Gasteiger partial charge in [-0.05, 0) is 37.3 Å². The number of pyridine rings is 1. The van der Waals surface area contributed by atoms with Gasteiger partial charge in [0.1, 0.15) is 11.6 Å². The first-order valence-corrected chi connectivity index (χ1v) is 12.6. The average Bonchev–Trinajstić information content (AvgIpc) is 2.88. The van der Waals surface area contributed by atoms with Crippen molar-refractivity contribution in [3.8, 4) is 0 Å². The predicted molar refractivity (Wildman–Crippen MR) is 136 cm³/mol. The zero-order chi connectivity index (χ0) is 22.9. The number of rotatable bonds is 10. The van der Waals surface area contributed by atoms with Crippen molar-refractivity contribution < 1.29 is 0 Å². The van der Waals surface area contributed by atoms with Crippen LogP contribution in [0.5, 0.6) is 0 Å². The van der Waals surface area contributed by atoms with E-state index < -0.39 is 0 Å². The Morgan fingerprint density at radius 2 is 1.91 bits per heavy atom. The summed E-state index contributed by atoms with van der Waals surface area (Å²) < 4.78 is 0. The van der Waals surface area contributed by atoms with Crippen molar-refractivity contribution in [1.29, 1.82) is 5.41 Å². The van der Waals surface area contributed by atoms with E-state index in [0.717, 1.165) is 74.9 Å². The molecule has 0 radical (unpaired) electrons. The third kappa shape index (κ3) is 6.41. The van der Waals surface area contributed by atoms with Gasteiger partial charge in [-0.3, -0.25) is 5.41 Å². The smallest absolute Gasteiger partial charge is 0.224 e. The molecule has 0 bridgehead atoms. The molecule has 3 heterocycles. The van der Waals surface area contributed by atoms with Crippen LogP contribution in [-0.4, -0.2) is 59.9 Å². The normalized spacial score (nSPS) is 17.1. The van der Waals surface area contributed by atoms with Crippen LogP contribution in [0.2, 0.25) is 0 Å². The minimum atomic E-state index is 0.403. The van der Waals surface area contributed by atoms with Gasteiger partial charge in [0.25, 0.3) is 0 Å². The maximum atomic E-state index is 8.88. The van der Waals surface area contributed by atoms with Crippen molar-refractivity contribution in [1.82, 2.24) is 20.3 Å². The van der Waals surface area contributed by atoms with Crippen LogP contribution < -0.4 is 20.9 Å². The van der Waals surface area contributed by atoms with Crippen molar-refractivity contribution in [2.24, 2.45) is 5.92 Å². The van der Waals surface area contributed by atoms with Crippen LogP contribution in [0, 0.1) is 11.3 Å². The van der Waals surface area contributed by atoms with E-state index in [1.165, 1.54) is 32.1 Å². The van der Waals surface area contributed by atoms with Crippen molar-refractivity contribution in [3.63, 3.8) is 0 Å². The van der Waals surface area contributed by atoms with Crippen molar-refractivity contribution in [2.45, 2.75) is 51.9 Å². The number of aromatic nitrogens is 3. The summed E-state index contributed by atoms with van der Waals surface area (Å²) in [6.45, 7) is 7.79. The molecule has 1 saturated carbocycles. The van der Waals surface area contributed by atoms with Crippen LogP contribution in [0.15, 0.2) is 24.5 Å². The Labute approximate surface area is 197 Å². The number of hydrogen-bond donors (Lipinski definition) is 4. The minimum Gasteiger partial charge on any atom is -0.369 e. The van der Waals surface area contributed by atoms with Gasteiger partial charge in [-0.2, -0.15) is 4.98 Å². The molecule has 8 heteroatoms. The monoisotopic (exact) mass is 450 g/mol. The predicted octanol–water partition coefficient (Wildman–Crippen LogP) is 3.90. The van der Waals surface area contributed by atoms with Crippen LogP contribution >= 0.6 is 0 Å². The summed E-state index contributed by atoms with van der Waals surface area (Å²) in [5.41, 5.74) is 1.91. The lowest BCUT2D eigenvalue weighted by Gasteiger charge is -2.28. The molecule has 33 heavy (non-hydrogen) atoms. The molecule has 0 amide bonds. The van der Waals surface area contributed by atoms with Crippen LogP contribution in [0.1, 0.15) is 63.0 Å². The molecule has 1 aliphatic heterocycles. The Kier molecular flexibility index (Phi) is 8.47. The molecule has 0 aromatic carbocycles. The fraction of sp³-hybridized carbons (Fsp3) is 0.600. The highest BCUT2D eigenvalue weighted by Crippen LogP contribution is 2.25. The van der Waals surface area contributed by atoms with E-state index >= 15 is 0 Å². The van der Waals surface area contributed by atoms with Gasteiger partial charge in [-0.25, -0.2) is 9.97 Å². The number of nitrogens with zero attached hydrogens (tertiary/aromatic N) is 4. The Morgan fingerprint density at radius 3 is 2.64 bits per heavy atom. The molecule has 8 nitrogen and oxygen atoms in total. The fourth-order valence-electron chi connectivity index (χ4n) is 4.56. The molecule has 0 unspecified atom stereocenters. The highest BCUT2D eigenvalue weighted by molar-refractivity contribution is 6.13. The summed E-state index contributed by atoms with van der Waals surface area (Å²) >= 11 is 0. The molecule has 4 rings (SSSR count). The molecule has 2 aliphatic rings. The summed E-state index contributed by atoms with van der Waals surface area (Å²) in [5, 5.41) is 19.1. The molecule has 2 aromatic rings. The molecule has 1 saturated heterocycles. The van der Waals surface area contributed by atoms with E-state index in [-0.39, 0.29) is 0 Å². The third-order valence-corrected chi connectivity index (χ3v) is 6.63. The molecular weight excluding hydrogens is 412 g/mol. The second-order valence-corrected chi connectivity index (χ2v) is 9.14. The standard InChI is InChI=1S/C25H38N8/c1-2-3-11-28-25-31-18-21(24(32-25)30-16-19-7-5-4-6-8-19)23(26)20-9-10-22(29-17-20)33-14-12-27-13-15-33/h9-10,17-19,26-27H,2-8,11-16H2,1H3,(H2,28,30,31,32). The fourth-order valence-corrected chi connectivity index (χ4v) is 4.56. The van der Waals surface area contributed by atoms with E-state index in [0.29, 0.717) is 17.6 Å². The minimum absolute atomic E-state index is 0.403. The summed E-state index contributed by atoms with van der Waals surface area (Å²) in [6.07, 6.45) is 12.3. The first-order chi connectivity index (χ1) is 16.2. The summed E-state index contributed by atoms with van der Waals surface area (Å²) in [6, 6.07) is 4.01. The maximum absolute atomic E-state index is 8.88. The second-order valence-electron chi connectivity index (χ2n) is 9.14. The van der Waals surface area contributed by atoms with Crippen LogP contribution in [0.4, 0.5) is 17.6 Å². The van der Waals surface area contributed by atoms with E-state index in [2.05, 4.69) is 37.7 Å². The summed E-state index contributed by atoms with van der Waals surface area (Å²) in [5.74, 6) is 3.01. The van der Waals surface area contributed by atoms with Gasteiger partial charge in [-0.15, -0.1) is 0 Å². The largest absolute Gasteiger partial charge is 0.369 e. The molecule has 2 fully saturated rings. The van der Waals surface area contributed by atoms with Gasteiger partial charge in [-0.1, -0.05) is 32.6 Å². The highest BCUT2D eigenvalue weighted by atomic mass is 15.2. The van der Waals surface area contributed by atoms with Crippen molar-refractivity contribution >= 4 is 23.3 Å². The molecule has 4 N–H and O–H groups in total. The maximum Gasteiger partial charge on any atom is 0.224 e. The Hall–Kier alpha value is -2.74. The third-order valence-electron chi connectivity index (χ3n) is 6.63. The zero-order valence-corrected chi connectivity index (χ0v) is 19.9. The van der Waals surface area contributed by atoms with Gasteiger partial charge in [0.15, 0.2) is 0 Å². The van der Waals surface area contributed by atoms with Crippen molar-refractivity contribution in [2.75, 3.05) is 54.8 Å². The summed E-state index contributed by atoms with van der Waals surface area (Å²) in [4.78, 5) is 16.2. The Balaban J connectivity index is 1.50. The Bertz CT molecular complexity index is 886. The average molecular weight is 451 g/mol. The molecular formula is C25H38N8. The SMILES string of the molecule is CCCCNc1ncc(C(=N)c2ccc(N3CCNCC3)nc2)c(NCC2CCCCC2)n1. The lowest BCUT2D eigenvalue weighted by atomic mass is 9.89. The lowest BCUT2D eigenvalue weighted by molar-refractivity contribution is 0.373. The highest BCUT2D eigenvalue weighted by Gasteiger charge is 2.18. The quantitative estimate of drug-likeness (QED) is 0.322. The Morgan fingerprint density at radius 1 is 1.09 bits per heavy atom. The molecule has 0 spiro atoms. The molecule has 0 atom stereocenters. The van der Waals surface area contributed by atoms with Gasteiger partial charge < -0.3 is 20.9 Å². The van der Waals surface area contributed by atoms with Gasteiger partial charge in [0.2, 0.25) is 5.95 Å². The van der Waals surface area contributed by atoms with E-state index in [9.17, 15) is 0 Å². The number of unbranched alkanes of at least 4 members (excludes halogenated alkanes) is 1. The second kappa shape index (κ2) is 11.9. The lowest BCUT2D eigenvalue weighted by Crippen LogP contribution is -2.43. The number of hydrogen-bond acceptors (Lipinski definition) is 8. The topological polar surface area (TPSA) is 102 Å². The van der Waals surface area contributed by atoms with Gasteiger partial charge in [0.05, 0.1) is 11.3 Å². The number of anilines is 3.